The number of aromatic nitrogens is 1. The number of fused-ring (bicyclic) bond motifs is 1. The number of hydrogen-bond acceptors (Lipinski definition) is 5. The molecule has 0 fully saturated rings. The minimum atomic E-state index is -1.44. The SMILES string of the molecule is C=C(C)NC1=Nc2ccc(-c3cncc(NS(=O)c4ccc(C(C)O)cc4)c3)cc2C1. The van der Waals surface area contributed by atoms with Gasteiger partial charge in [-0.3, -0.25) is 9.71 Å². The molecule has 3 aromatic rings. The molecular weight excluding hydrogens is 408 g/mol. The van der Waals surface area contributed by atoms with E-state index in [0.29, 0.717) is 10.6 Å². The van der Waals surface area contributed by atoms with Crippen molar-refractivity contribution >= 4 is 28.2 Å². The molecule has 2 aromatic carbocycles. The Morgan fingerprint density at radius 2 is 1.90 bits per heavy atom. The van der Waals surface area contributed by atoms with E-state index in [0.717, 1.165) is 45.9 Å². The first-order valence-electron chi connectivity index (χ1n) is 9.94. The predicted octanol–water partition coefficient (Wildman–Crippen LogP) is 4.65. The van der Waals surface area contributed by atoms with Crippen molar-refractivity contribution in [2.24, 2.45) is 4.99 Å². The van der Waals surface area contributed by atoms with Crippen LogP contribution < -0.4 is 10.0 Å². The molecule has 0 saturated heterocycles. The number of rotatable bonds is 6. The van der Waals surface area contributed by atoms with Crippen molar-refractivity contribution in [2.45, 2.75) is 31.3 Å². The summed E-state index contributed by atoms with van der Waals surface area (Å²) in [7, 11) is -1.44. The summed E-state index contributed by atoms with van der Waals surface area (Å²) < 4.78 is 15.7. The number of benzene rings is 2. The Morgan fingerprint density at radius 3 is 2.61 bits per heavy atom. The third-order valence-electron chi connectivity index (χ3n) is 4.91. The highest BCUT2D eigenvalue weighted by Crippen LogP contribution is 2.32. The van der Waals surface area contributed by atoms with Crippen LogP contribution in [0.4, 0.5) is 11.4 Å². The van der Waals surface area contributed by atoms with Gasteiger partial charge >= 0.3 is 0 Å². The number of hydrogen-bond donors (Lipinski definition) is 3. The van der Waals surface area contributed by atoms with Gasteiger partial charge in [-0.2, -0.15) is 0 Å². The average molecular weight is 433 g/mol. The van der Waals surface area contributed by atoms with Crippen molar-refractivity contribution in [1.82, 2.24) is 10.3 Å². The summed E-state index contributed by atoms with van der Waals surface area (Å²) in [6, 6.07) is 15.1. The third kappa shape index (κ3) is 4.90. The van der Waals surface area contributed by atoms with E-state index in [1.54, 1.807) is 43.6 Å². The van der Waals surface area contributed by atoms with Crippen LogP contribution in [-0.2, 0) is 17.4 Å². The number of aliphatic imine (C=N–C) groups is 1. The third-order valence-corrected chi connectivity index (χ3v) is 6.03. The standard InChI is InChI=1S/C24H24N4O2S/c1-15(2)26-24-12-19-10-18(6-9-23(19)27-24)20-11-21(14-25-13-20)28-31(30)22-7-4-17(5-8-22)16(3)29/h4-11,13-14,16,28-29H,1,12H2,2-3H3,(H,26,27). The van der Waals surface area contributed by atoms with Crippen molar-refractivity contribution in [3.8, 4) is 11.1 Å². The Bertz CT molecular complexity index is 1190. The number of amidine groups is 1. The molecule has 2 atom stereocenters. The van der Waals surface area contributed by atoms with Crippen LogP contribution in [0.5, 0.6) is 0 Å². The molecule has 158 valence electrons. The molecule has 2 unspecified atom stereocenters. The highest BCUT2D eigenvalue weighted by Gasteiger charge is 2.16. The van der Waals surface area contributed by atoms with Gasteiger partial charge in [0.15, 0.2) is 0 Å². The van der Waals surface area contributed by atoms with E-state index in [-0.39, 0.29) is 0 Å². The van der Waals surface area contributed by atoms with E-state index >= 15 is 0 Å². The highest BCUT2D eigenvalue weighted by atomic mass is 32.2. The van der Waals surface area contributed by atoms with Crippen molar-refractivity contribution < 1.29 is 9.32 Å². The highest BCUT2D eigenvalue weighted by molar-refractivity contribution is 7.86. The number of allylic oxidation sites excluding steroid dienone is 1. The first-order valence-corrected chi connectivity index (χ1v) is 11.1. The zero-order valence-electron chi connectivity index (χ0n) is 17.4. The zero-order valence-corrected chi connectivity index (χ0v) is 18.2. The molecule has 1 aliphatic rings. The first kappa shape index (κ1) is 21.0. The Morgan fingerprint density at radius 1 is 1.13 bits per heavy atom. The summed E-state index contributed by atoms with van der Waals surface area (Å²) in [4.78, 5) is 9.53. The second-order valence-corrected chi connectivity index (χ2v) is 8.78. The second-order valence-electron chi connectivity index (χ2n) is 7.56. The quantitative estimate of drug-likeness (QED) is 0.529. The molecule has 31 heavy (non-hydrogen) atoms. The molecule has 2 heterocycles. The molecule has 7 heteroatoms. The number of pyridine rings is 1. The van der Waals surface area contributed by atoms with Gasteiger partial charge in [-0.05, 0) is 60.9 Å². The van der Waals surface area contributed by atoms with Gasteiger partial charge in [-0.25, -0.2) is 9.20 Å². The Labute approximate surface area is 184 Å². The maximum atomic E-state index is 12.7. The number of anilines is 1. The summed E-state index contributed by atoms with van der Waals surface area (Å²) in [5.41, 5.74) is 6.36. The summed E-state index contributed by atoms with van der Waals surface area (Å²) in [6.45, 7) is 7.48. The van der Waals surface area contributed by atoms with Crippen molar-refractivity contribution in [2.75, 3.05) is 4.72 Å². The van der Waals surface area contributed by atoms with Crippen LogP contribution in [-0.4, -0.2) is 20.1 Å². The molecule has 1 aliphatic heterocycles. The summed E-state index contributed by atoms with van der Waals surface area (Å²) >= 11 is 0. The van der Waals surface area contributed by atoms with Crippen LogP contribution in [0.25, 0.3) is 11.1 Å². The molecule has 0 spiro atoms. The van der Waals surface area contributed by atoms with E-state index in [1.165, 1.54) is 0 Å². The summed E-state index contributed by atoms with van der Waals surface area (Å²) in [5.74, 6) is 0.894. The summed E-state index contributed by atoms with van der Waals surface area (Å²) in [6.07, 6.45) is 3.61. The van der Waals surface area contributed by atoms with Gasteiger partial charge in [-0.15, -0.1) is 0 Å². The molecular formula is C24H24N4O2S. The zero-order chi connectivity index (χ0) is 22.0. The smallest absolute Gasteiger partial charge is 0.150 e. The van der Waals surface area contributed by atoms with Crippen LogP contribution in [0.1, 0.15) is 31.1 Å². The van der Waals surface area contributed by atoms with Gasteiger partial charge in [-0.1, -0.05) is 24.8 Å². The Hall–Kier alpha value is -3.29. The lowest BCUT2D eigenvalue weighted by Gasteiger charge is -2.10. The van der Waals surface area contributed by atoms with Crippen LogP contribution in [0.15, 0.2) is 83.1 Å². The maximum Gasteiger partial charge on any atom is 0.150 e. The van der Waals surface area contributed by atoms with E-state index in [2.05, 4.69) is 32.7 Å². The summed E-state index contributed by atoms with van der Waals surface area (Å²) in [5, 5.41) is 12.8. The first-order chi connectivity index (χ1) is 14.9. The molecule has 0 saturated carbocycles. The Balaban J connectivity index is 1.50. The van der Waals surface area contributed by atoms with E-state index in [9.17, 15) is 9.32 Å². The van der Waals surface area contributed by atoms with Crippen LogP contribution >= 0.6 is 0 Å². The molecule has 3 N–H and O–H groups in total. The number of aliphatic hydroxyl groups is 1. The fourth-order valence-electron chi connectivity index (χ4n) is 3.39. The topological polar surface area (TPSA) is 86.6 Å². The normalized spacial score (nSPS) is 14.4. The van der Waals surface area contributed by atoms with Crippen molar-refractivity contribution in [1.29, 1.82) is 0 Å². The maximum absolute atomic E-state index is 12.7. The Kier molecular flexibility index (Phi) is 5.97. The fraction of sp³-hybridized carbons (Fsp3) is 0.167. The van der Waals surface area contributed by atoms with E-state index in [1.807, 2.05) is 25.1 Å². The fourth-order valence-corrected chi connectivity index (χ4v) is 4.22. The molecule has 1 aromatic heterocycles. The number of aliphatic hydroxyl groups excluding tert-OH is 1. The molecule has 6 nitrogen and oxygen atoms in total. The lowest BCUT2D eigenvalue weighted by Crippen LogP contribution is -2.20. The van der Waals surface area contributed by atoms with Gasteiger partial charge in [0.25, 0.3) is 0 Å². The lowest BCUT2D eigenvalue weighted by molar-refractivity contribution is 0.199. The predicted molar refractivity (Wildman–Crippen MR) is 126 cm³/mol. The lowest BCUT2D eigenvalue weighted by atomic mass is 10.0. The minimum Gasteiger partial charge on any atom is -0.389 e. The van der Waals surface area contributed by atoms with Gasteiger partial charge in [0.05, 0.1) is 28.6 Å². The second kappa shape index (κ2) is 8.83. The van der Waals surface area contributed by atoms with Crippen LogP contribution in [0.3, 0.4) is 0 Å². The largest absolute Gasteiger partial charge is 0.389 e. The molecule has 0 bridgehead atoms. The van der Waals surface area contributed by atoms with Gasteiger partial charge in [0.1, 0.15) is 16.8 Å². The van der Waals surface area contributed by atoms with Crippen molar-refractivity contribution in [3.05, 3.63) is 84.3 Å². The van der Waals surface area contributed by atoms with Gasteiger partial charge < -0.3 is 10.4 Å². The monoisotopic (exact) mass is 432 g/mol. The van der Waals surface area contributed by atoms with Crippen LogP contribution in [0.2, 0.25) is 0 Å². The number of nitrogens with zero attached hydrogens (tertiary/aromatic N) is 2. The molecule has 0 radical (unpaired) electrons. The van der Waals surface area contributed by atoms with Crippen LogP contribution in [0, 0.1) is 0 Å². The molecule has 0 aliphatic carbocycles. The van der Waals surface area contributed by atoms with Crippen molar-refractivity contribution in [3.63, 3.8) is 0 Å². The number of nitrogens with one attached hydrogen (secondary N) is 2. The van der Waals surface area contributed by atoms with E-state index in [4.69, 9.17) is 0 Å². The average Bonchev–Trinajstić information content (AvgIpc) is 3.14. The van der Waals surface area contributed by atoms with Gasteiger partial charge in [0, 0.05) is 23.9 Å². The van der Waals surface area contributed by atoms with E-state index < -0.39 is 17.1 Å². The van der Waals surface area contributed by atoms with Gasteiger partial charge in [0.2, 0.25) is 0 Å². The molecule has 4 rings (SSSR count). The minimum absolute atomic E-state index is 0.554. The molecule has 0 amide bonds.